The Morgan fingerprint density at radius 3 is 2.45 bits per heavy atom. The summed E-state index contributed by atoms with van der Waals surface area (Å²) in [5, 5.41) is 0.737. The van der Waals surface area contributed by atoms with Crippen LogP contribution in [0.1, 0.15) is 25.0 Å². The number of hydrogen-bond acceptors (Lipinski definition) is 5. The van der Waals surface area contributed by atoms with E-state index in [0.29, 0.717) is 13.0 Å². The minimum atomic E-state index is 0.0685. The van der Waals surface area contributed by atoms with Crippen LogP contribution in [0.25, 0.3) is 10.2 Å². The molecule has 6 heteroatoms. The number of likely N-dealkylation sites (N-methyl/N-ethyl adjacent to an activating group) is 1. The highest BCUT2D eigenvalue weighted by Gasteiger charge is 2.22. The molecule has 0 bridgehead atoms. The number of anilines is 1. The van der Waals surface area contributed by atoms with E-state index in [0.717, 1.165) is 51.9 Å². The maximum atomic E-state index is 13.3. The van der Waals surface area contributed by atoms with E-state index in [4.69, 9.17) is 9.72 Å². The first-order valence-corrected chi connectivity index (χ1v) is 10.9. The zero-order valence-corrected chi connectivity index (χ0v) is 18.5. The Hall–Kier alpha value is -2.44. The SMILES string of the molecule is CCN(CC)CCN(C(=O)Cc1ccccc1)c1nc2c(OC)ccc(C)c2s1. The topological polar surface area (TPSA) is 45.7 Å². The summed E-state index contributed by atoms with van der Waals surface area (Å²) in [6.45, 7) is 9.72. The van der Waals surface area contributed by atoms with Gasteiger partial charge in [-0.25, -0.2) is 4.98 Å². The van der Waals surface area contributed by atoms with Gasteiger partial charge in [0, 0.05) is 13.1 Å². The zero-order valence-electron chi connectivity index (χ0n) is 17.6. The molecule has 1 heterocycles. The van der Waals surface area contributed by atoms with Gasteiger partial charge in [-0.3, -0.25) is 9.69 Å². The Morgan fingerprint density at radius 1 is 1.07 bits per heavy atom. The van der Waals surface area contributed by atoms with Gasteiger partial charge < -0.3 is 9.64 Å². The van der Waals surface area contributed by atoms with Crippen LogP contribution in [-0.2, 0) is 11.2 Å². The molecule has 3 rings (SSSR count). The first kappa shape index (κ1) is 21.3. The first-order valence-electron chi connectivity index (χ1n) is 10.1. The lowest BCUT2D eigenvalue weighted by Crippen LogP contribution is -2.39. The number of hydrogen-bond donors (Lipinski definition) is 0. The molecule has 1 aromatic heterocycles. The van der Waals surface area contributed by atoms with Crippen molar-refractivity contribution in [2.75, 3.05) is 38.2 Å². The summed E-state index contributed by atoms with van der Waals surface area (Å²) in [5.41, 5.74) is 2.98. The molecule has 0 aliphatic rings. The van der Waals surface area contributed by atoms with Gasteiger partial charge in [-0.1, -0.05) is 61.6 Å². The van der Waals surface area contributed by atoms with E-state index in [9.17, 15) is 4.79 Å². The number of carbonyl (C=O) groups is 1. The number of amides is 1. The molecule has 0 N–H and O–H groups in total. The second-order valence-electron chi connectivity index (χ2n) is 6.99. The third-order valence-electron chi connectivity index (χ3n) is 5.18. The minimum absolute atomic E-state index is 0.0685. The predicted molar refractivity (Wildman–Crippen MR) is 121 cm³/mol. The number of nitrogens with zero attached hydrogens (tertiary/aromatic N) is 3. The number of benzene rings is 2. The molecule has 5 nitrogen and oxygen atoms in total. The maximum absolute atomic E-state index is 13.3. The lowest BCUT2D eigenvalue weighted by molar-refractivity contribution is -0.118. The zero-order chi connectivity index (χ0) is 20.8. The number of thiazole rings is 1. The predicted octanol–water partition coefficient (Wildman–Crippen LogP) is 4.53. The second kappa shape index (κ2) is 9.85. The van der Waals surface area contributed by atoms with Gasteiger partial charge in [0.2, 0.25) is 5.91 Å². The fraction of sp³-hybridized carbons (Fsp3) is 0.391. The lowest BCUT2D eigenvalue weighted by Gasteiger charge is -2.24. The number of ether oxygens (including phenoxy) is 1. The van der Waals surface area contributed by atoms with Crippen molar-refractivity contribution >= 4 is 32.6 Å². The van der Waals surface area contributed by atoms with Crippen LogP contribution in [-0.4, -0.2) is 49.1 Å². The summed E-state index contributed by atoms with van der Waals surface area (Å²) >= 11 is 1.56. The Labute approximate surface area is 176 Å². The lowest BCUT2D eigenvalue weighted by atomic mass is 10.1. The van der Waals surface area contributed by atoms with Crippen molar-refractivity contribution in [1.82, 2.24) is 9.88 Å². The summed E-state index contributed by atoms with van der Waals surface area (Å²) in [6.07, 6.45) is 0.366. The van der Waals surface area contributed by atoms with E-state index >= 15 is 0 Å². The smallest absolute Gasteiger partial charge is 0.233 e. The highest BCUT2D eigenvalue weighted by atomic mass is 32.1. The Kier molecular flexibility index (Phi) is 7.23. The van der Waals surface area contributed by atoms with Crippen LogP contribution in [0, 0.1) is 6.92 Å². The van der Waals surface area contributed by atoms with E-state index < -0.39 is 0 Å². The van der Waals surface area contributed by atoms with Gasteiger partial charge >= 0.3 is 0 Å². The third-order valence-corrected chi connectivity index (χ3v) is 6.39. The largest absolute Gasteiger partial charge is 0.494 e. The average Bonchev–Trinajstić information content (AvgIpc) is 3.18. The molecule has 0 aliphatic heterocycles. The minimum Gasteiger partial charge on any atom is -0.494 e. The molecule has 0 saturated carbocycles. The molecule has 154 valence electrons. The summed E-state index contributed by atoms with van der Waals surface area (Å²) < 4.78 is 6.57. The third kappa shape index (κ3) is 4.95. The van der Waals surface area contributed by atoms with Crippen molar-refractivity contribution < 1.29 is 9.53 Å². The highest BCUT2D eigenvalue weighted by Crippen LogP contribution is 2.36. The second-order valence-corrected chi connectivity index (χ2v) is 7.97. The monoisotopic (exact) mass is 411 g/mol. The van der Waals surface area contributed by atoms with Crippen LogP contribution in [0.5, 0.6) is 5.75 Å². The van der Waals surface area contributed by atoms with E-state index in [-0.39, 0.29) is 5.91 Å². The van der Waals surface area contributed by atoms with Crippen LogP contribution in [0.15, 0.2) is 42.5 Å². The van der Waals surface area contributed by atoms with Crippen LogP contribution in [0.2, 0.25) is 0 Å². The summed E-state index contributed by atoms with van der Waals surface area (Å²) in [4.78, 5) is 22.2. The molecular weight excluding hydrogens is 382 g/mol. The van der Waals surface area contributed by atoms with Crippen LogP contribution in [0.3, 0.4) is 0 Å². The van der Waals surface area contributed by atoms with Crippen molar-refractivity contribution in [2.24, 2.45) is 0 Å². The molecule has 3 aromatic rings. The molecule has 29 heavy (non-hydrogen) atoms. The highest BCUT2D eigenvalue weighted by molar-refractivity contribution is 7.22. The molecule has 0 spiro atoms. The number of carbonyl (C=O) groups excluding carboxylic acids is 1. The maximum Gasteiger partial charge on any atom is 0.233 e. The van der Waals surface area contributed by atoms with Crippen LogP contribution < -0.4 is 9.64 Å². The molecule has 1 amide bonds. The fourth-order valence-electron chi connectivity index (χ4n) is 3.35. The van der Waals surface area contributed by atoms with Crippen molar-refractivity contribution in [3.63, 3.8) is 0 Å². The Balaban J connectivity index is 1.94. The van der Waals surface area contributed by atoms with Gasteiger partial charge in [-0.05, 0) is 37.2 Å². The van der Waals surface area contributed by atoms with Crippen molar-refractivity contribution in [1.29, 1.82) is 0 Å². The fourth-order valence-corrected chi connectivity index (χ4v) is 4.45. The number of rotatable bonds is 9. The quantitative estimate of drug-likeness (QED) is 0.519. The standard InChI is InChI=1S/C23H29N3O2S/c1-5-25(6-2)14-15-26(20(27)16-18-10-8-7-9-11-18)23-24-21-19(28-4)13-12-17(3)22(21)29-23/h7-13H,5-6,14-16H2,1-4H3. The normalized spacial score (nSPS) is 11.2. The number of aromatic nitrogens is 1. The van der Waals surface area contributed by atoms with Gasteiger partial charge in [-0.15, -0.1) is 0 Å². The molecule has 2 aromatic carbocycles. The van der Waals surface area contributed by atoms with Crippen LogP contribution >= 0.6 is 11.3 Å². The number of aryl methyl sites for hydroxylation is 1. The van der Waals surface area contributed by atoms with E-state index in [1.807, 2.05) is 47.4 Å². The van der Waals surface area contributed by atoms with Gasteiger partial charge in [0.15, 0.2) is 5.13 Å². The van der Waals surface area contributed by atoms with Crippen molar-refractivity contribution in [2.45, 2.75) is 27.2 Å². The molecule has 0 atom stereocenters. The van der Waals surface area contributed by atoms with Crippen LogP contribution in [0.4, 0.5) is 5.13 Å². The average molecular weight is 412 g/mol. The molecule has 0 unspecified atom stereocenters. The van der Waals surface area contributed by atoms with Gasteiger partial charge in [0.25, 0.3) is 0 Å². The number of methoxy groups -OCH3 is 1. The van der Waals surface area contributed by atoms with Crippen molar-refractivity contribution in [3.05, 3.63) is 53.6 Å². The van der Waals surface area contributed by atoms with E-state index in [1.165, 1.54) is 0 Å². The van der Waals surface area contributed by atoms with Crippen molar-refractivity contribution in [3.8, 4) is 5.75 Å². The Morgan fingerprint density at radius 2 is 1.79 bits per heavy atom. The molecule has 0 aliphatic carbocycles. The summed E-state index contributed by atoms with van der Waals surface area (Å²) in [5.74, 6) is 0.811. The molecular formula is C23H29N3O2S. The molecule has 0 fully saturated rings. The van der Waals surface area contributed by atoms with E-state index in [2.05, 4.69) is 25.7 Å². The summed E-state index contributed by atoms with van der Waals surface area (Å²) in [7, 11) is 1.65. The van der Waals surface area contributed by atoms with E-state index in [1.54, 1.807) is 18.4 Å². The van der Waals surface area contributed by atoms with Gasteiger partial charge in [-0.2, -0.15) is 0 Å². The molecule has 0 radical (unpaired) electrons. The van der Waals surface area contributed by atoms with Gasteiger partial charge in [0.1, 0.15) is 11.3 Å². The van der Waals surface area contributed by atoms with Gasteiger partial charge in [0.05, 0.1) is 18.2 Å². The number of fused-ring (bicyclic) bond motifs is 1. The Bertz CT molecular complexity index is 951. The molecule has 0 saturated heterocycles. The summed E-state index contributed by atoms with van der Waals surface area (Å²) in [6, 6.07) is 13.9. The first-order chi connectivity index (χ1) is 14.1.